The van der Waals surface area contributed by atoms with E-state index in [1.165, 1.54) is 19.9 Å². The molecule has 0 bridgehead atoms. The van der Waals surface area contributed by atoms with Gasteiger partial charge in [0.05, 0.1) is 0 Å². The molecule has 0 saturated carbocycles. The van der Waals surface area contributed by atoms with Crippen LogP contribution in [0, 0.1) is 20.8 Å². The first kappa shape index (κ1) is 22.0. The summed E-state index contributed by atoms with van der Waals surface area (Å²) in [6.45, 7) is 5.50. The molecule has 2 aromatic rings. The van der Waals surface area contributed by atoms with Gasteiger partial charge in [-0.3, -0.25) is 9.59 Å². The van der Waals surface area contributed by atoms with Gasteiger partial charge in [0.25, 0.3) is 0 Å². The number of hydrogen-bond acceptors (Lipinski definition) is 10. The molecule has 4 N–H and O–H groups in total. The van der Waals surface area contributed by atoms with Crippen LogP contribution < -0.4 is 10.2 Å². The van der Waals surface area contributed by atoms with Crippen LogP contribution in [0.1, 0.15) is 23.8 Å². The molecule has 0 spiro atoms. The zero-order valence-electron chi connectivity index (χ0n) is 16.9. The van der Waals surface area contributed by atoms with E-state index in [-0.39, 0.29) is 34.6 Å². The Balaban J connectivity index is 2.00. The molecular weight excluding hydrogens is 400 g/mol. The van der Waals surface area contributed by atoms with Gasteiger partial charge in [-0.1, -0.05) is 0 Å². The van der Waals surface area contributed by atoms with Gasteiger partial charge in [-0.25, -0.2) is 0 Å². The molecule has 0 radical (unpaired) electrons. The maximum atomic E-state index is 12.3. The van der Waals surface area contributed by atoms with Gasteiger partial charge in [0.15, 0.2) is 5.43 Å². The molecule has 1 saturated heterocycles. The fourth-order valence-electron chi connectivity index (χ4n) is 3.42. The molecule has 30 heavy (non-hydrogen) atoms. The summed E-state index contributed by atoms with van der Waals surface area (Å²) in [6.07, 6.45) is -7.43. The summed E-state index contributed by atoms with van der Waals surface area (Å²) < 4.78 is 21.7. The summed E-state index contributed by atoms with van der Waals surface area (Å²) >= 11 is 0. The minimum atomic E-state index is -1.64. The highest BCUT2D eigenvalue weighted by Gasteiger charge is 2.45. The molecule has 164 valence electrons. The van der Waals surface area contributed by atoms with Gasteiger partial charge in [-0.2, -0.15) is 0 Å². The Morgan fingerprint density at radius 1 is 1.10 bits per heavy atom. The van der Waals surface area contributed by atoms with E-state index in [1.54, 1.807) is 13.8 Å². The number of carbonyl (C=O) groups excluding carboxylic acids is 1. The standard InChI is InChI=1S/C20H24O10/c1-7-5-11(22)13-14(23)8(2)18(9(3)19(13)28-7)30-20-17(26)16(25)15(24)12(29-20)6-27-10(4)21/h5,12,15-17,20,23-26H,6H2,1-4H3. The Labute approximate surface area is 171 Å². The van der Waals surface area contributed by atoms with Crippen LogP contribution in [0.5, 0.6) is 11.5 Å². The molecule has 0 aliphatic carbocycles. The van der Waals surface area contributed by atoms with E-state index >= 15 is 0 Å². The highest BCUT2D eigenvalue weighted by Crippen LogP contribution is 2.39. The Hall–Kier alpha value is -2.66. The lowest BCUT2D eigenvalue weighted by molar-refractivity contribution is -0.278. The van der Waals surface area contributed by atoms with Gasteiger partial charge < -0.3 is 39.1 Å². The fourth-order valence-corrected chi connectivity index (χ4v) is 3.42. The van der Waals surface area contributed by atoms with Gasteiger partial charge in [-0.05, 0) is 20.8 Å². The number of aliphatic hydroxyl groups excluding tert-OH is 3. The SMILES string of the molecule is CC(=O)OCC1OC(Oc2c(C)c(O)c3c(=O)cc(C)oc3c2C)C(O)C(O)C1O. The predicted octanol–water partition coefficient (Wildman–Crippen LogP) is 0.173. The molecule has 10 nitrogen and oxygen atoms in total. The van der Waals surface area contributed by atoms with Crippen molar-refractivity contribution in [3.63, 3.8) is 0 Å². The second-order valence-corrected chi connectivity index (χ2v) is 7.29. The first-order valence-electron chi connectivity index (χ1n) is 9.29. The molecule has 10 heteroatoms. The molecule has 1 aliphatic heterocycles. The van der Waals surface area contributed by atoms with Gasteiger partial charge in [0, 0.05) is 24.1 Å². The second-order valence-electron chi connectivity index (χ2n) is 7.29. The van der Waals surface area contributed by atoms with Crippen molar-refractivity contribution in [1.82, 2.24) is 0 Å². The minimum absolute atomic E-state index is 0.00347. The quantitative estimate of drug-likeness (QED) is 0.499. The highest BCUT2D eigenvalue weighted by molar-refractivity contribution is 5.89. The first-order valence-corrected chi connectivity index (χ1v) is 9.29. The van der Waals surface area contributed by atoms with Crippen LogP contribution in [-0.4, -0.2) is 63.7 Å². The average Bonchev–Trinajstić information content (AvgIpc) is 2.67. The Morgan fingerprint density at radius 3 is 2.40 bits per heavy atom. The molecule has 1 fully saturated rings. The summed E-state index contributed by atoms with van der Waals surface area (Å²) in [4.78, 5) is 23.4. The number of rotatable bonds is 4. The molecule has 5 atom stereocenters. The van der Waals surface area contributed by atoms with Crippen molar-refractivity contribution in [2.75, 3.05) is 6.61 Å². The molecule has 0 amide bonds. The third-order valence-electron chi connectivity index (χ3n) is 5.04. The van der Waals surface area contributed by atoms with Crippen LogP contribution in [0.25, 0.3) is 11.0 Å². The van der Waals surface area contributed by atoms with Crippen LogP contribution in [0.2, 0.25) is 0 Å². The topological polar surface area (TPSA) is 156 Å². The average molecular weight is 424 g/mol. The first-order chi connectivity index (χ1) is 14.0. The maximum Gasteiger partial charge on any atom is 0.302 e. The molecular formula is C20H24O10. The number of aliphatic hydroxyl groups is 3. The van der Waals surface area contributed by atoms with E-state index in [2.05, 4.69) is 0 Å². The summed E-state index contributed by atoms with van der Waals surface area (Å²) in [5, 5.41) is 41.1. The van der Waals surface area contributed by atoms with Crippen molar-refractivity contribution in [1.29, 1.82) is 0 Å². The largest absolute Gasteiger partial charge is 0.507 e. The van der Waals surface area contributed by atoms with Crippen LogP contribution in [-0.2, 0) is 14.3 Å². The van der Waals surface area contributed by atoms with E-state index in [9.17, 15) is 30.0 Å². The van der Waals surface area contributed by atoms with Crippen LogP contribution in [0.4, 0.5) is 0 Å². The van der Waals surface area contributed by atoms with E-state index in [4.69, 9.17) is 18.6 Å². The van der Waals surface area contributed by atoms with Crippen LogP contribution in [0.3, 0.4) is 0 Å². The summed E-state index contributed by atoms with van der Waals surface area (Å²) in [7, 11) is 0. The van der Waals surface area contributed by atoms with E-state index in [0.29, 0.717) is 11.3 Å². The Kier molecular flexibility index (Phi) is 6.04. The molecule has 5 unspecified atom stereocenters. The zero-order valence-corrected chi connectivity index (χ0v) is 16.9. The zero-order chi connectivity index (χ0) is 22.3. The van der Waals surface area contributed by atoms with Gasteiger partial charge in [0.2, 0.25) is 6.29 Å². The lowest BCUT2D eigenvalue weighted by Gasteiger charge is -2.40. The number of carbonyl (C=O) groups is 1. The van der Waals surface area contributed by atoms with Crippen molar-refractivity contribution >= 4 is 16.9 Å². The van der Waals surface area contributed by atoms with Crippen LogP contribution in [0.15, 0.2) is 15.3 Å². The summed E-state index contributed by atoms with van der Waals surface area (Å²) in [6, 6.07) is 1.26. The maximum absolute atomic E-state index is 12.3. The molecule has 1 aromatic carbocycles. The van der Waals surface area contributed by atoms with Crippen molar-refractivity contribution in [3.8, 4) is 11.5 Å². The van der Waals surface area contributed by atoms with E-state index in [0.717, 1.165) is 0 Å². The van der Waals surface area contributed by atoms with Gasteiger partial charge in [0.1, 0.15) is 59.3 Å². The summed E-state index contributed by atoms with van der Waals surface area (Å²) in [5.41, 5.74) is 0.261. The van der Waals surface area contributed by atoms with Gasteiger partial charge >= 0.3 is 5.97 Å². The third kappa shape index (κ3) is 3.86. The minimum Gasteiger partial charge on any atom is -0.507 e. The number of aromatic hydroxyl groups is 1. The van der Waals surface area contributed by atoms with Crippen molar-refractivity contribution in [3.05, 3.63) is 33.2 Å². The van der Waals surface area contributed by atoms with E-state index < -0.39 is 42.1 Å². The third-order valence-corrected chi connectivity index (χ3v) is 5.04. The van der Waals surface area contributed by atoms with Gasteiger partial charge in [-0.15, -0.1) is 0 Å². The number of aryl methyl sites for hydroxylation is 2. The lowest BCUT2D eigenvalue weighted by atomic mass is 9.99. The number of benzene rings is 1. The molecule has 2 heterocycles. The van der Waals surface area contributed by atoms with Crippen LogP contribution >= 0.6 is 0 Å². The van der Waals surface area contributed by atoms with Crippen molar-refractivity contribution in [2.45, 2.75) is 58.4 Å². The molecule has 3 rings (SSSR count). The number of esters is 1. The summed E-state index contributed by atoms with van der Waals surface area (Å²) in [5.74, 6) is -0.548. The second kappa shape index (κ2) is 8.23. The smallest absolute Gasteiger partial charge is 0.302 e. The normalized spacial score (nSPS) is 26.6. The van der Waals surface area contributed by atoms with Crippen molar-refractivity contribution < 1.29 is 43.8 Å². The molecule has 1 aliphatic rings. The Morgan fingerprint density at radius 2 is 1.77 bits per heavy atom. The fraction of sp³-hybridized carbons (Fsp3) is 0.500. The number of fused-ring (bicyclic) bond motifs is 1. The predicted molar refractivity (Wildman–Crippen MR) is 102 cm³/mol. The molecule has 1 aromatic heterocycles. The monoisotopic (exact) mass is 424 g/mol. The van der Waals surface area contributed by atoms with E-state index in [1.807, 2.05) is 0 Å². The number of phenolic OH excluding ortho intramolecular Hbond substituents is 1. The number of phenols is 1. The number of ether oxygens (including phenoxy) is 3. The Bertz CT molecular complexity index is 1030. The lowest BCUT2D eigenvalue weighted by Crippen LogP contribution is -2.60. The highest BCUT2D eigenvalue weighted by atomic mass is 16.7. The van der Waals surface area contributed by atoms with Crippen molar-refractivity contribution in [2.24, 2.45) is 0 Å². The number of hydrogen-bond donors (Lipinski definition) is 4.